The molecule has 28 heavy (non-hydrogen) atoms. The van der Waals surface area contributed by atoms with Gasteiger partial charge in [-0.15, -0.1) is 35.3 Å². The van der Waals surface area contributed by atoms with E-state index in [1.54, 1.807) is 11.3 Å². The van der Waals surface area contributed by atoms with Crippen molar-refractivity contribution in [2.75, 3.05) is 24.5 Å². The number of rotatable bonds is 5. The predicted molar refractivity (Wildman–Crippen MR) is 131 cm³/mol. The molecule has 1 fully saturated rings. The van der Waals surface area contributed by atoms with Crippen molar-refractivity contribution in [3.8, 4) is 0 Å². The van der Waals surface area contributed by atoms with E-state index in [1.807, 2.05) is 0 Å². The maximum Gasteiger partial charge on any atom is 0.191 e. The minimum absolute atomic E-state index is 0. The van der Waals surface area contributed by atoms with Crippen LogP contribution >= 0.6 is 35.3 Å². The zero-order valence-electron chi connectivity index (χ0n) is 17.2. The van der Waals surface area contributed by atoms with Crippen LogP contribution in [0.5, 0.6) is 0 Å². The highest BCUT2D eigenvalue weighted by Gasteiger charge is 2.23. The lowest BCUT2D eigenvalue weighted by Gasteiger charge is -2.20. The summed E-state index contributed by atoms with van der Waals surface area (Å²) in [7, 11) is 0. The van der Waals surface area contributed by atoms with E-state index < -0.39 is 0 Å². The van der Waals surface area contributed by atoms with E-state index in [4.69, 9.17) is 9.98 Å². The van der Waals surface area contributed by atoms with Gasteiger partial charge in [-0.25, -0.2) is 9.98 Å². The van der Waals surface area contributed by atoms with E-state index >= 15 is 0 Å². The molecule has 1 aliphatic rings. The second-order valence-electron chi connectivity index (χ2n) is 7.98. The Balaban J connectivity index is 0.00000280. The Hall–Kier alpha value is -1.35. The van der Waals surface area contributed by atoms with E-state index in [1.165, 1.54) is 5.69 Å². The number of nitrogens with one attached hydrogen (secondary N) is 2. The fourth-order valence-corrected chi connectivity index (χ4v) is 4.08. The number of halogens is 1. The second kappa shape index (κ2) is 10.4. The molecule has 1 atom stereocenters. The Morgan fingerprint density at radius 3 is 2.68 bits per heavy atom. The summed E-state index contributed by atoms with van der Waals surface area (Å²) in [5.74, 6) is 0.880. The third-order valence-electron chi connectivity index (χ3n) is 4.69. The molecule has 2 N–H and O–H groups in total. The van der Waals surface area contributed by atoms with Crippen LogP contribution in [0, 0.1) is 0 Å². The summed E-state index contributed by atoms with van der Waals surface area (Å²) in [5, 5.41) is 10.2. The summed E-state index contributed by atoms with van der Waals surface area (Å²) < 4.78 is 0. The fourth-order valence-electron chi connectivity index (χ4n) is 3.14. The van der Waals surface area contributed by atoms with Gasteiger partial charge in [0.05, 0.1) is 12.2 Å². The molecule has 0 bridgehead atoms. The second-order valence-corrected chi connectivity index (χ2v) is 8.93. The highest BCUT2D eigenvalue weighted by atomic mass is 127. The molecule has 1 saturated heterocycles. The summed E-state index contributed by atoms with van der Waals surface area (Å²) >= 11 is 1.69. The molecule has 1 aromatic heterocycles. The number of hydrogen-bond acceptors (Lipinski definition) is 4. The molecule has 0 saturated carbocycles. The zero-order valence-corrected chi connectivity index (χ0v) is 20.4. The molecule has 2 heterocycles. The number of nitrogens with zero attached hydrogens (tertiary/aromatic N) is 3. The molecule has 7 heteroatoms. The van der Waals surface area contributed by atoms with Crippen LogP contribution in [-0.2, 0) is 12.0 Å². The zero-order chi connectivity index (χ0) is 19.3. The first kappa shape index (κ1) is 22.9. The monoisotopic (exact) mass is 513 g/mol. The van der Waals surface area contributed by atoms with Crippen LogP contribution in [0.15, 0.2) is 40.7 Å². The maximum atomic E-state index is 4.76. The van der Waals surface area contributed by atoms with Crippen molar-refractivity contribution in [2.24, 2.45) is 4.99 Å². The van der Waals surface area contributed by atoms with Crippen LogP contribution in [0.4, 0.5) is 5.69 Å². The summed E-state index contributed by atoms with van der Waals surface area (Å²) in [4.78, 5) is 11.9. The van der Waals surface area contributed by atoms with E-state index in [-0.39, 0.29) is 29.4 Å². The van der Waals surface area contributed by atoms with Crippen LogP contribution in [0.25, 0.3) is 0 Å². The number of para-hydroxylation sites is 1. The molecule has 1 aromatic carbocycles. The van der Waals surface area contributed by atoms with E-state index in [9.17, 15) is 0 Å². The maximum absolute atomic E-state index is 4.76. The SMILES string of the molecule is CCNC(=NCc1nc(C(C)(C)C)cs1)NC1CCN(c2ccccc2)C1.I. The Bertz CT molecular complexity index is 754. The lowest BCUT2D eigenvalue weighted by molar-refractivity contribution is 0.571. The molecule has 1 aliphatic heterocycles. The number of thiazole rings is 1. The average molecular weight is 513 g/mol. The van der Waals surface area contributed by atoms with E-state index in [0.717, 1.165) is 42.7 Å². The minimum atomic E-state index is 0. The van der Waals surface area contributed by atoms with Gasteiger partial charge in [0.25, 0.3) is 0 Å². The van der Waals surface area contributed by atoms with Crippen LogP contribution in [0.2, 0.25) is 0 Å². The summed E-state index contributed by atoms with van der Waals surface area (Å²) in [6, 6.07) is 11.0. The number of benzene rings is 1. The Kier molecular flexibility index (Phi) is 8.55. The topological polar surface area (TPSA) is 52.6 Å². The summed E-state index contributed by atoms with van der Waals surface area (Å²) in [6.45, 7) is 12.2. The molecular weight excluding hydrogens is 481 g/mol. The molecule has 5 nitrogen and oxygen atoms in total. The van der Waals surface area contributed by atoms with Crippen molar-refractivity contribution in [3.05, 3.63) is 46.4 Å². The fraction of sp³-hybridized carbons (Fsp3) is 0.524. The van der Waals surface area contributed by atoms with Crippen molar-refractivity contribution in [1.29, 1.82) is 0 Å². The average Bonchev–Trinajstić information content (AvgIpc) is 3.30. The van der Waals surface area contributed by atoms with Gasteiger partial charge in [0, 0.05) is 42.2 Å². The van der Waals surface area contributed by atoms with Gasteiger partial charge in [0.15, 0.2) is 5.96 Å². The Morgan fingerprint density at radius 1 is 1.29 bits per heavy atom. The lowest BCUT2D eigenvalue weighted by atomic mass is 9.93. The van der Waals surface area contributed by atoms with Gasteiger partial charge in [-0.3, -0.25) is 0 Å². The van der Waals surface area contributed by atoms with Crippen molar-refractivity contribution >= 4 is 47.0 Å². The van der Waals surface area contributed by atoms with Crippen molar-refractivity contribution in [3.63, 3.8) is 0 Å². The van der Waals surface area contributed by atoms with Crippen LogP contribution in [0.1, 0.15) is 44.8 Å². The number of anilines is 1. The largest absolute Gasteiger partial charge is 0.369 e. The Labute approximate surface area is 190 Å². The number of hydrogen-bond donors (Lipinski definition) is 2. The first-order chi connectivity index (χ1) is 13.0. The normalized spacial score (nSPS) is 17.4. The van der Waals surface area contributed by atoms with Crippen LogP contribution in [-0.4, -0.2) is 36.6 Å². The number of aromatic nitrogens is 1. The highest BCUT2D eigenvalue weighted by Crippen LogP contribution is 2.24. The van der Waals surface area contributed by atoms with Crippen molar-refractivity contribution in [1.82, 2.24) is 15.6 Å². The number of aliphatic imine (C=N–C) groups is 1. The van der Waals surface area contributed by atoms with Crippen molar-refractivity contribution < 1.29 is 0 Å². The van der Waals surface area contributed by atoms with Crippen molar-refractivity contribution in [2.45, 2.75) is 52.1 Å². The molecule has 0 radical (unpaired) electrons. The lowest BCUT2D eigenvalue weighted by Crippen LogP contribution is -2.44. The molecule has 2 aromatic rings. The smallest absolute Gasteiger partial charge is 0.191 e. The molecule has 154 valence electrons. The highest BCUT2D eigenvalue weighted by molar-refractivity contribution is 14.0. The quantitative estimate of drug-likeness (QED) is 0.354. The third-order valence-corrected chi connectivity index (χ3v) is 5.52. The molecular formula is C21H32IN5S. The van der Waals surface area contributed by atoms with Gasteiger partial charge in [-0.2, -0.15) is 0 Å². The molecule has 0 amide bonds. The first-order valence-corrected chi connectivity index (χ1v) is 10.6. The van der Waals surface area contributed by atoms with Gasteiger partial charge in [-0.05, 0) is 25.5 Å². The van der Waals surface area contributed by atoms with Gasteiger partial charge >= 0.3 is 0 Å². The standard InChI is InChI=1S/C21H31N5S.HI/c1-5-22-20(23-13-19-25-18(15-27-19)21(2,3)4)24-16-11-12-26(14-16)17-9-7-6-8-10-17;/h6-10,15-16H,5,11-14H2,1-4H3,(H2,22,23,24);1H. The van der Waals surface area contributed by atoms with E-state index in [2.05, 4.69) is 78.9 Å². The van der Waals surface area contributed by atoms with Crippen LogP contribution in [0.3, 0.4) is 0 Å². The third kappa shape index (κ3) is 6.34. The molecule has 3 rings (SSSR count). The van der Waals surface area contributed by atoms with Gasteiger partial charge in [0.1, 0.15) is 5.01 Å². The molecule has 0 aliphatic carbocycles. The van der Waals surface area contributed by atoms with E-state index in [0.29, 0.717) is 12.6 Å². The van der Waals surface area contributed by atoms with Gasteiger partial charge in [-0.1, -0.05) is 39.0 Å². The predicted octanol–water partition coefficient (Wildman–Crippen LogP) is 4.39. The molecule has 1 unspecified atom stereocenters. The number of guanidine groups is 1. The van der Waals surface area contributed by atoms with Crippen LogP contribution < -0.4 is 15.5 Å². The first-order valence-electron chi connectivity index (χ1n) is 9.75. The van der Waals surface area contributed by atoms with Gasteiger partial charge in [0.2, 0.25) is 0 Å². The minimum Gasteiger partial charge on any atom is -0.369 e. The van der Waals surface area contributed by atoms with Gasteiger partial charge < -0.3 is 15.5 Å². The summed E-state index contributed by atoms with van der Waals surface area (Å²) in [5.41, 5.74) is 2.53. The molecule has 0 spiro atoms. The summed E-state index contributed by atoms with van der Waals surface area (Å²) in [6.07, 6.45) is 1.12. The Morgan fingerprint density at radius 2 is 2.04 bits per heavy atom.